The highest BCUT2D eigenvalue weighted by atomic mass is 32.2. The Bertz CT molecular complexity index is 546. The first-order valence-corrected chi connectivity index (χ1v) is 8.42. The second-order valence-corrected chi connectivity index (χ2v) is 8.58. The van der Waals surface area contributed by atoms with Crippen LogP contribution in [0.15, 0.2) is 48.0 Å². The van der Waals surface area contributed by atoms with Crippen LogP contribution in [0.2, 0.25) is 0 Å². The quantitative estimate of drug-likeness (QED) is 0.783. The van der Waals surface area contributed by atoms with Gasteiger partial charge in [-0.15, -0.1) is 6.58 Å². The van der Waals surface area contributed by atoms with Gasteiger partial charge in [-0.05, 0) is 39.3 Å². The van der Waals surface area contributed by atoms with Gasteiger partial charge in [0, 0.05) is 21.1 Å². The average molecular weight is 305 g/mol. The zero-order chi connectivity index (χ0) is 15.5. The summed E-state index contributed by atoms with van der Waals surface area (Å²) in [5, 5.41) is -0.0521. The van der Waals surface area contributed by atoms with Crippen LogP contribution < -0.4 is 0 Å². The third-order valence-corrected chi connectivity index (χ3v) is 5.66. The van der Waals surface area contributed by atoms with E-state index in [0.717, 1.165) is 5.56 Å². The first kappa shape index (κ1) is 16.0. The van der Waals surface area contributed by atoms with Gasteiger partial charge in [0.2, 0.25) is 5.90 Å². The molecule has 0 aliphatic carbocycles. The van der Waals surface area contributed by atoms with Crippen molar-refractivity contribution in [3.63, 3.8) is 0 Å². The Kier molecular flexibility index (Phi) is 4.99. The van der Waals surface area contributed by atoms with E-state index in [1.807, 2.05) is 57.2 Å². The van der Waals surface area contributed by atoms with E-state index in [4.69, 9.17) is 4.74 Å². The fourth-order valence-electron chi connectivity index (χ4n) is 2.32. The van der Waals surface area contributed by atoms with Gasteiger partial charge in [0.05, 0.1) is 5.25 Å². The molecule has 1 aromatic carbocycles. The van der Waals surface area contributed by atoms with Crippen molar-refractivity contribution in [1.82, 2.24) is 0 Å². The molecule has 3 atom stereocenters. The summed E-state index contributed by atoms with van der Waals surface area (Å²) in [4.78, 5) is 4.67. The molecule has 0 aromatic heterocycles. The number of allylic oxidation sites excluding steroid dienone is 1. The van der Waals surface area contributed by atoms with Crippen LogP contribution in [0.3, 0.4) is 0 Å². The van der Waals surface area contributed by atoms with Gasteiger partial charge < -0.3 is 4.74 Å². The summed E-state index contributed by atoms with van der Waals surface area (Å²) < 4.78 is 18.2. The first-order chi connectivity index (χ1) is 9.93. The van der Waals surface area contributed by atoms with Gasteiger partial charge in [-0.3, -0.25) is 4.21 Å². The molecular weight excluding hydrogens is 282 g/mol. The van der Waals surface area contributed by atoms with E-state index in [2.05, 4.69) is 11.6 Å². The van der Waals surface area contributed by atoms with E-state index in [-0.39, 0.29) is 16.0 Å². The summed E-state index contributed by atoms with van der Waals surface area (Å²) in [6.07, 6.45) is 2.51. The molecule has 1 unspecified atom stereocenters. The zero-order valence-electron chi connectivity index (χ0n) is 12.9. The van der Waals surface area contributed by atoms with Crippen LogP contribution in [0.5, 0.6) is 0 Å². The maximum atomic E-state index is 12.7. The molecule has 0 saturated carbocycles. The lowest BCUT2D eigenvalue weighted by molar-refractivity contribution is 0.313. The molecule has 1 aliphatic rings. The molecule has 1 aliphatic heterocycles. The maximum Gasteiger partial charge on any atom is 0.216 e. The minimum Gasteiger partial charge on any atom is -0.475 e. The van der Waals surface area contributed by atoms with Gasteiger partial charge in [0.15, 0.2) is 0 Å². The van der Waals surface area contributed by atoms with Crippen molar-refractivity contribution < 1.29 is 8.95 Å². The van der Waals surface area contributed by atoms with Gasteiger partial charge in [0.1, 0.15) is 12.6 Å². The third kappa shape index (κ3) is 3.82. The van der Waals surface area contributed by atoms with Gasteiger partial charge in [-0.2, -0.15) is 0 Å². The molecular formula is C17H23NO2S. The van der Waals surface area contributed by atoms with E-state index < -0.39 is 10.8 Å². The Morgan fingerprint density at radius 2 is 2.10 bits per heavy atom. The van der Waals surface area contributed by atoms with E-state index in [1.165, 1.54) is 0 Å². The number of hydrogen-bond acceptors (Lipinski definition) is 3. The SMILES string of the molecule is C=CC[C@H]([C@H]1COC(c2ccccc2)=N1)S(=O)C(C)(C)C. The number of rotatable bonds is 5. The van der Waals surface area contributed by atoms with Crippen molar-refractivity contribution in [2.24, 2.45) is 4.99 Å². The van der Waals surface area contributed by atoms with E-state index in [0.29, 0.717) is 18.9 Å². The van der Waals surface area contributed by atoms with Crippen molar-refractivity contribution in [2.75, 3.05) is 6.61 Å². The average Bonchev–Trinajstić information content (AvgIpc) is 2.93. The number of benzene rings is 1. The molecule has 0 bridgehead atoms. The van der Waals surface area contributed by atoms with Crippen molar-refractivity contribution in [3.05, 3.63) is 48.6 Å². The van der Waals surface area contributed by atoms with Gasteiger partial charge in [0.25, 0.3) is 0 Å². The highest BCUT2D eigenvalue weighted by Crippen LogP contribution is 2.26. The Hall–Kier alpha value is -1.42. The largest absolute Gasteiger partial charge is 0.475 e. The predicted molar refractivity (Wildman–Crippen MR) is 89.2 cm³/mol. The highest BCUT2D eigenvalue weighted by molar-refractivity contribution is 7.87. The minimum absolute atomic E-state index is 0.0521. The molecule has 0 amide bonds. The molecule has 2 rings (SSSR count). The molecule has 3 nitrogen and oxygen atoms in total. The lowest BCUT2D eigenvalue weighted by atomic mass is 10.1. The van der Waals surface area contributed by atoms with Crippen LogP contribution in [0.25, 0.3) is 0 Å². The second-order valence-electron chi connectivity index (χ2n) is 6.15. The van der Waals surface area contributed by atoms with Crippen molar-refractivity contribution in [2.45, 2.75) is 43.2 Å². The maximum absolute atomic E-state index is 12.7. The topological polar surface area (TPSA) is 38.7 Å². The Morgan fingerprint density at radius 3 is 2.67 bits per heavy atom. The second kappa shape index (κ2) is 6.56. The zero-order valence-corrected chi connectivity index (χ0v) is 13.7. The first-order valence-electron chi connectivity index (χ1n) is 7.21. The molecule has 21 heavy (non-hydrogen) atoms. The van der Waals surface area contributed by atoms with Gasteiger partial charge in [-0.1, -0.05) is 24.3 Å². The molecule has 0 N–H and O–H groups in total. The van der Waals surface area contributed by atoms with Crippen LogP contribution in [0, 0.1) is 0 Å². The van der Waals surface area contributed by atoms with Gasteiger partial charge >= 0.3 is 0 Å². The Morgan fingerprint density at radius 1 is 1.43 bits per heavy atom. The molecule has 114 valence electrons. The van der Waals surface area contributed by atoms with Crippen LogP contribution in [-0.4, -0.2) is 32.8 Å². The van der Waals surface area contributed by atoms with Crippen molar-refractivity contribution in [1.29, 1.82) is 0 Å². The van der Waals surface area contributed by atoms with Gasteiger partial charge in [-0.25, -0.2) is 4.99 Å². The Balaban J connectivity index is 2.21. The standard InChI is InChI=1S/C17H23NO2S/c1-5-9-15(21(19)17(2,3)4)14-12-20-16(18-14)13-10-7-6-8-11-13/h5-8,10-11,14-15H,1,9,12H2,2-4H3/t14-,15-,21?/m1/s1. The lowest BCUT2D eigenvalue weighted by Gasteiger charge is -2.27. The summed E-state index contributed by atoms with van der Waals surface area (Å²) in [6.45, 7) is 10.3. The summed E-state index contributed by atoms with van der Waals surface area (Å²) in [5.74, 6) is 0.653. The molecule has 0 spiro atoms. The van der Waals surface area contributed by atoms with Crippen LogP contribution >= 0.6 is 0 Å². The highest BCUT2D eigenvalue weighted by Gasteiger charge is 2.36. The lowest BCUT2D eigenvalue weighted by Crippen LogP contribution is -2.38. The summed E-state index contributed by atoms with van der Waals surface area (Å²) in [6, 6.07) is 9.77. The summed E-state index contributed by atoms with van der Waals surface area (Å²) >= 11 is 0. The monoisotopic (exact) mass is 305 g/mol. The van der Waals surface area contributed by atoms with Crippen LogP contribution in [0.1, 0.15) is 32.8 Å². The van der Waals surface area contributed by atoms with E-state index in [9.17, 15) is 4.21 Å². The fraction of sp³-hybridized carbons (Fsp3) is 0.471. The fourth-order valence-corrected chi connectivity index (χ4v) is 3.97. The Labute approximate surface area is 129 Å². The van der Waals surface area contributed by atoms with E-state index in [1.54, 1.807) is 0 Å². The van der Waals surface area contributed by atoms with E-state index >= 15 is 0 Å². The summed E-state index contributed by atoms with van der Waals surface area (Å²) in [7, 11) is -0.994. The van der Waals surface area contributed by atoms with Crippen molar-refractivity contribution in [3.8, 4) is 0 Å². The van der Waals surface area contributed by atoms with Crippen LogP contribution in [0.4, 0.5) is 0 Å². The normalized spacial score (nSPS) is 21.3. The third-order valence-electron chi connectivity index (χ3n) is 3.40. The molecule has 0 saturated heterocycles. The number of aliphatic imine (C=N–C) groups is 1. The molecule has 0 fully saturated rings. The van der Waals surface area contributed by atoms with Crippen molar-refractivity contribution >= 4 is 16.7 Å². The predicted octanol–water partition coefficient (Wildman–Crippen LogP) is 3.32. The number of hydrogen-bond donors (Lipinski definition) is 0. The molecule has 4 heteroatoms. The molecule has 1 aromatic rings. The molecule has 1 heterocycles. The van der Waals surface area contributed by atoms with Crippen LogP contribution in [-0.2, 0) is 15.5 Å². The number of nitrogens with zero attached hydrogens (tertiary/aromatic N) is 1. The smallest absolute Gasteiger partial charge is 0.216 e. The number of ether oxygens (including phenoxy) is 1. The minimum atomic E-state index is -0.994. The summed E-state index contributed by atoms with van der Waals surface area (Å²) in [5.41, 5.74) is 0.971. The molecule has 0 radical (unpaired) electrons.